The van der Waals surface area contributed by atoms with Crippen molar-refractivity contribution < 1.29 is 110 Å². The predicted octanol–water partition coefficient (Wildman–Crippen LogP) is 3.35. The first-order valence-corrected chi connectivity index (χ1v) is 27.0. The molecule has 6 amide bonds. The second-order valence-corrected chi connectivity index (χ2v) is 24.9. The molecule has 0 bridgehead atoms. The van der Waals surface area contributed by atoms with Crippen LogP contribution in [0.3, 0.4) is 0 Å². The van der Waals surface area contributed by atoms with Crippen LogP contribution < -0.4 is 31.9 Å². The highest BCUT2D eigenvalue weighted by Crippen LogP contribution is 2.35. The van der Waals surface area contributed by atoms with Crippen molar-refractivity contribution in [2.45, 2.75) is 264 Å². The lowest BCUT2D eigenvalue weighted by Crippen LogP contribution is -2.71. The van der Waals surface area contributed by atoms with E-state index in [0.717, 1.165) is 20.8 Å². The van der Waals surface area contributed by atoms with E-state index in [4.69, 9.17) is 56.8 Å². The number of aldehydes is 1. The Morgan fingerprint density at radius 2 is 0.963 bits per heavy atom. The van der Waals surface area contributed by atoms with Crippen molar-refractivity contribution in [3.63, 3.8) is 0 Å². The van der Waals surface area contributed by atoms with E-state index in [2.05, 4.69) is 31.9 Å². The summed E-state index contributed by atoms with van der Waals surface area (Å²) in [6.07, 6.45) is -22.2. The van der Waals surface area contributed by atoms with Gasteiger partial charge in [-0.25, -0.2) is 24.0 Å². The van der Waals surface area contributed by atoms with Crippen LogP contribution in [-0.2, 0) is 80.8 Å². The maximum atomic E-state index is 14.5. The van der Waals surface area contributed by atoms with Gasteiger partial charge in [0, 0.05) is 40.3 Å². The fraction of sp³-hybridized carbons (Fsp3) is 0.811. The quantitative estimate of drug-likeness (QED) is 0.0588. The minimum atomic E-state index is -2.12. The summed E-state index contributed by atoms with van der Waals surface area (Å²) in [4.78, 5) is 132. The number of ether oxygens (including phenoxy) is 12. The minimum absolute atomic E-state index is 0.110. The summed E-state index contributed by atoms with van der Waals surface area (Å²) in [6, 6.07) is -5.77. The molecule has 6 unspecified atom stereocenters. The van der Waals surface area contributed by atoms with Gasteiger partial charge in [0.05, 0.1) is 24.2 Å². The van der Waals surface area contributed by atoms with Crippen LogP contribution in [0, 0.1) is 0 Å². The third kappa shape index (κ3) is 25.0. The molecule has 3 rings (SSSR count). The van der Waals surface area contributed by atoms with Crippen LogP contribution in [0.4, 0.5) is 24.0 Å². The highest BCUT2D eigenvalue weighted by molar-refractivity contribution is 5.84. The molecule has 1 saturated carbocycles. The number of carbonyl (C=O) groups is 10. The predicted molar refractivity (Wildman–Crippen MR) is 284 cm³/mol. The summed E-state index contributed by atoms with van der Waals surface area (Å²) >= 11 is 0. The Hall–Kier alpha value is -6.30. The van der Waals surface area contributed by atoms with Gasteiger partial charge in [-0.3, -0.25) is 19.2 Å². The zero-order valence-corrected chi connectivity index (χ0v) is 50.3. The van der Waals surface area contributed by atoms with Gasteiger partial charge in [0.1, 0.15) is 52.4 Å². The largest absolute Gasteiger partial charge is 0.457 e. The Morgan fingerprint density at radius 3 is 1.44 bits per heavy atom. The molecule has 2 aliphatic heterocycles. The molecule has 82 heavy (non-hydrogen) atoms. The van der Waals surface area contributed by atoms with Gasteiger partial charge in [0.2, 0.25) is 0 Å². The van der Waals surface area contributed by atoms with Crippen LogP contribution in [0.5, 0.6) is 0 Å². The third-order valence-corrected chi connectivity index (χ3v) is 11.3. The summed E-state index contributed by atoms with van der Waals surface area (Å²) in [5.41, 5.74) is -4.95. The van der Waals surface area contributed by atoms with Crippen molar-refractivity contribution in [2.75, 3.05) is 13.1 Å². The number of nitrogens with one attached hydrogen (secondary N) is 6. The number of aliphatic hydroxyl groups excluding tert-OH is 1. The Bertz CT molecular complexity index is 2230. The Balaban J connectivity index is 2.32. The number of hydrogen-bond acceptors (Lipinski definition) is 23. The van der Waals surface area contributed by atoms with Gasteiger partial charge in [-0.15, -0.1) is 0 Å². The number of carbonyl (C=O) groups excluding carboxylic acids is 10. The molecule has 3 aliphatic rings. The second kappa shape index (κ2) is 29.3. The van der Waals surface area contributed by atoms with Crippen molar-refractivity contribution in [3.8, 4) is 0 Å². The fourth-order valence-corrected chi connectivity index (χ4v) is 8.54. The SMILES string of the molecule is CC(=O)OC1[C@@H](O[C@@H]2C(O)C(O[C@H]3OC(CNC(=O)OC(C)(C)C)CCC3NC(=O)OC(C)(C)C)[C@H](NC(=O)OC(C)(C)C)C[C@H]2NC(=O)[C@H](CCNC(=O)OC(C)(C)C)OC(C)=O)OC(C=O)[C@@H](OC(C)=O)[C@@H]1NC(=O)OC(C)(C)C. The number of amides is 6. The lowest BCUT2D eigenvalue weighted by Gasteiger charge is -2.50. The van der Waals surface area contributed by atoms with Crippen molar-refractivity contribution >= 4 is 60.6 Å². The van der Waals surface area contributed by atoms with Gasteiger partial charge in [-0.05, 0) is 123 Å². The lowest BCUT2D eigenvalue weighted by molar-refractivity contribution is -0.310. The van der Waals surface area contributed by atoms with E-state index in [1.54, 1.807) is 104 Å². The van der Waals surface area contributed by atoms with E-state index in [1.165, 1.54) is 0 Å². The molecule has 29 heteroatoms. The average molecular weight is 1180 g/mol. The molecule has 0 aromatic heterocycles. The molecule has 0 spiro atoms. The first-order valence-electron chi connectivity index (χ1n) is 27.0. The smallest absolute Gasteiger partial charge is 0.408 e. The van der Waals surface area contributed by atoms with Crippen LogP contribution in [0.1, 0.15) is 150 Å². The van der Waals surface area contributed by atoms with Gasteiger partial charge in [0.15, 0.2) is 43.3 Å². The molecule has 14 atom stereocenters. The van der Waals surface area contributed by atoms with E-state index in [-0.39, 0.29) is 38.6 Å². The van der Waals surface area contributed by atoms with Gasteiger partial charge in [-0.2, -0.15) is 0 Å². The van der Waals surface area contributed by atoms with Crippen molar-refractivity contribution in [1.82, 2.24) is 31.9 Å². The first-order chi connectivity index (χ1) is 37.5. The van der Waals surface area contributed by atoms with Crippen LogP contribution in [0.2, 0.25) is 0 Å². The zero-order chi connectivity index (χ0) is 62.5. The number of esters is 3. The van der Waals surface area contributed by atoms with E-state index in [0.29, 0.717) is 0 Å². The minimum Gasteiger partial charge on any atom is -0.457 e. The maximum absolute atomic E-state index is 14.5. The highest BCUT2D eigenvalue weighted by Gasteiger charge is 2.56. The first kappa shape index (κ1) is 70.0. The fourth-order valence-electron chi connectivity index (χ4n) is 8.54. The average Bonchev–Trinajstić information content (AvgIpc) is 3.20. The van der Waals surface area contributed by atoms with E-state index in [9.17, 15) is 53.1 Å². The highest BCUT2D eigenvalue weighted by atomic mass is 16.7. The molecule has 1 aliphatic carbocycles. The van der Waals surface area contributed by atoms with Crippen LogP contribution in [0.25, 0.3) is 0 Å². The number of alkyl carbamates (subject to hydrolysis) is 5. The lowest BCUT2D eigenvalue weighted by atomic mass is 9.83. The molecule has 29 nitrogen and oxygen atoms in total. The number of aliphatic hydroxyl groups is 1. The summed E-state index contributed by atoms with van der Waals surface area (Å²) in [5, 5.41) is 28.7. The Kier molecular flexibility index (Phi) is 25.0. The molecule has 7 N–H and O–H groups in total. The standard InChI is InChI=1S/C53H88N6O23/c1-26(61)71-33(21-22-54-44(66)78-49(4,5)6)41(65)56-31-23-32(58-47(69)81-52(13,14)15)38(76-42-30(57-46(68)80-51(10,11)12)20-19-29(74-42)24-55-45(67)79-50(7,8)9)36(64)37(31)77-43-40(73-28(3)63)35(59-48(70)82-53(16,17)18)39(72-27(2)62)34(25-60)75-43/h25,29-40,42-43,64H,19-24H2,1-18H3,(H,54,66)(H,55,67)(H,56,65)(H,57,68)(H,58,69)(H,59,70)/t29?,30?,31-,32-,33+,34?,35+,36?,37+,38?,39-,40?,42-,43-/m1/s1. The van der Waals surface area contributed by atoms with Gasteiger partial charge in [0.25, 0.3) is 5.91 Å². The van der Waals surface area contributed by atoms with Crippen LogP contribution >= 0.6 is 0 Å². The molecule has 0 radical (unpaired) electrons. The Morgan fingerprint density at radius 1 is 0.524 bits per heavy atom. The summed E-state index contributed by atoms with van der Waals surface area (Å²) < 4.78 is 69.6. The van der Waals surface area contributed by atoms with E-state index in [1.807, 2.05) is 0 Å². The summed E-state index contributed by atoms with van der Waals surface area (Å²) in [5.74, 6) is -3.92. The van der Waals surface area contributed by atoms with Crippen molar-refractivity contribution in [2.24, 2.45) is 0 Å². The second-order valence-electron chi connectivity index (χ2n) is 24.9. The monoisotopic (exact) mass is 1180 g/mol. The molecule has 0 aromatic carbocycles. The topological polar surface area (TPSA) is 374 Å². The summed E-state index contributed by atoms with van der Waals surface area (Å²) in [7, 11) is 0. The zero-order valence-electron chi connectivity index (χ0n) is 50.3. The van der Waals surface area contributed by atoms with E-state index >= 15 is 0 Å². The number of rotatable bonds is 18. The molecule has 2 heterocycles. The molecule has 3 fully saturated rings. The maximum Gasteiger partial charge on any atom is 0.408 e. The van der Waals surface area contributed by atoms with Crippen molar-refractivity contribution in [1.29, 1.82) is 0 Å². The van der Waals surface area contributed by atoms with Crippen LogP contribution in [-0.4, -0.2) is 192 Å². The van der Waals surface area contributed by atoms with Crippen molar-refractivity contribution in [3.05, 3.63) is 0 Å². The molecule has 468 valence electrons. The molecular formula is C53H88N6O23. The third-order valence-electron chi connectivity index (χ3n) is 11.3. The molecule has 2 saturated heterocycles. The summed E-state index contributed by atoms with van der Waals surface area (Å²) in [6.45, 7) is 26.8. The van der Waals surface area contributed by atoms with Gasteiger partial charge < -0.3 is 98.6 Å². The van der Waals surface area contributed by atoms with Gasteiger partial charge >= 0.3 is 48.4 Å². The van der Waals surface area contributed by atoms with E-state index < -0.39 is 174 Å². The van der Waals surface area contributed by atoms with Gasteiger partial charge in [-0.1, -0.05) is 0 Å². The molecular weight excluding hydrogens is 1090 g/mol. The van der Waals surface area contributed by atoms with Crippen LogP contribution in [0.15, 0.2) is 0 Å². The molecule has 0 aromatic rings. The normalized spacial score (nSPS) is 27.3. The Labute approximate surface area is 478 Å². The number of hydrogen-bond donors (Lipinski definition) is 7.